The minimum absolute atomic E-state index is 0.680. The molecule has 1 atom stereocenters. The minimum Gasteiger partial charge on any atom is -0.259 e. The first-order valence-corrected chi connectivity index (χ1v) is 6.00. The largest absolute Gasteiger partial charge is 0.259 e. The zero-order valence-corrected chi connectivity index (χ0v) is 10.5. The monoisotopic (exact) mass is 205 g/mol. The molecule has 0 fully saturated rings. The first-order chi connectivity index (χ1) is 7.11. The molecule has 0 aromatic carbocycles. The highest BCUT2D eigenvalue weighted by Gasteiger charge is 2.07. The van der Waals surface area contributed by atoms with Crippen LogP contribution in [-0.4, -0.2) is 5.71 Å². The molecule has 0 bridgehead atoms. The summed E-state index contributed by atoms with van der Waals surface area (Å²) in [4.78, 5) is 4.62. The van der Waals surface area contributed by atoms with Crippen LogP contribution < -0.4 is 0 Å². The van der Waals surface area contributed by atoms with Gasteiger partial charge in [0.1, 0.15) is 0 Å². The smallest absolute Gasteiger partial charge is 0.0372 e. The average molecular weight is 205 g/mol. The predicted molar refractivity (Wildman–Crippen MR) is 68.3 cm³/mol. The van der Waals surface area contributed by atoms with E-state index in [4.69, 9.17) is 0 Å². The second-order valence-electron chi connectivity index (χ2n) is 4.61. The van der Waals surface area contributed by atoms with E-state index in [0.717, 1.165) is 5.71 Å². The third-order valence-electron chi connectivity index (χ3n) is 3.27. The van der Waals surface area contributed by atoms with Crippen LogP contribution in [0.15, 0.2) is 28.4 Å². The lowest BCUT2D eigenvalue weighted by Crippen LogP contribution is -1.99. The molecule has 1 rings (SSSR count). The SMILES string of the molecule is CC1=N/C(C)=C(\C)C(C)CCCCC=C1. The van der Waals surface area contributed by atoms with Gasteiger partial charge in [0, 0.05) is 11.4 Å². The van der Waals surface area contributed by atoms with Crippen molar-refractivity contribution >= 4 is 5.71 Å². The Morgan fingerprint density at radius 1 is 1.20 bits per heavy atom. The Kier molecular flexibility index (Phi) is 4.80. The van der Waals surface area contributed by atoms with Crippen LogP contribution in [0.25, 0.3) is 0 Å². The highest BCUT2D eigenvalue weighted by Crippen LogP contribution is 2.22. The summed E-state index contributed by atoms with van der Waals surface area (Å²) in [5.74, 6) is 0.680. The van der Waals surface area contributed by atoms with Crippen LogP contribution in [-0.2, 0) is 0 Å². The van der Waals surface area contributed by atoms with Gasteiger partial charge in [-0.05, 0) is 57.6 Å². The molecule has 1 heteroatoms. The van der Waals surface area contributed by atoms with Crippen LogP contribution in [0.4, 0.5) is 0 Å². The summed E-state index contributed by atoms with van der Waals surface area (Å²) in [6.45, 7) is 8.74. The van der Waals surface area contributed by atoms with Crippen LogP contribution in [0.3, 0.4) is 0 Å². The molecule has 0 aliphatic carbocycles. The third kappa shape index (κ3) is 4.03. The van der Waals surface area contributed by atoms with E-state index < -0.39 is 0 Å². The lowest BCUT2D eigenvalue weighted by molar-refractivity contribution is 0.557. The summed E-state index contributed by atoms with van der Waals surface area (Å²) in [7, 11) is 0. The van der Waals surface area contributed by atoms with Crippen molar-refractivity contribution < 1.29 is 0 Å². The van der Waals surface area contributed by atoms with Gasteiger partial charge in [0.15, 0.2) is 0 Å². The van der Waals surface area contributed by atoms with Gasteiger partial charge in [-0.15, -0.1) is 0 Å². The fourth-order valence-corrected chi connectivity index (χ4v) is 1.93. The molecule has 1 heterocycles. The normalized spacial score (nSPS) is 29.6. The predicted octanol–water partition coefficient (Wildman–Crippen LogP) is 4.51. The van der Waals surface area contributed by atoms with Gasteiger partial charge in [-0.2, -0.15) is 0 Å². The van der Waals surface area contributed by atoms with Crippen molar-refractivity contribution in [2.45, 2.75) is 53.4 Å². The zero-order chi connectivity index (χ0) is 11.3. The Morgan fingerprint density at radius 3 is 2.67 bits per heavy atom. The Hall–Kier alpha value is -0.850. The average Bonchev–Trinajstić information content (AvgIpc) is 2.22. The van der Waals surface area contributed by atoms with Gasteiger partial charge in [0.2, 0.25) is 0 Å². The molecule has 0 spiro atoms. The first kappa shape index (κ1) is 12.2. The van der Waals surface area contributed by atoms with Crippen molar-refractivity contribution in [3.63, 3.8) is 0 Å². The fourth-order valence-electron chi connectivity index (χ4n) is 1.93. The van der Waals surface area contributed by atoms with Gasteiger partial charge in [-0.3, -0.25) is 4.99 Å². The Balaban J connectivity index is 2.92. The second-order valence-corrected chi connectivity index (χ2v) is 4.61. The molecule has 1 unspecified atom stereocenters. The number of hydrogen-bond donors (Lipinski definition) is 0. The summed E-state index contributed by atoms with van der Waals surface area (Å²) in [6.07, 6.45) is 9.52. The maximum Gasteiger partial charge on any atom is 0.0372 e. The number of hydrogen-bond acceptors (Lipinski definition) is 1. The lowest BCUT2D eigenvalue weighted by atomic mass is 9.95. The minimum atomic E-state index is 0.680. The molecule has 0 saturated carbocycles. The van der Waals surface area contributed by atoms with Gasteiger partial charge in [-0.25, -0.2) is 0 Å². The molecule has 0 amide bonds. The highest BCUT2D eigenvalue weighted by molar-refractivity contribution is 5.93. The van der Waals surface area contributed by atoms with Crippen molar-refractivity contribution in [2.24, 2.45) is 10.9 Å². The van der Waals surface area contributed by atoms with E-state index in [9.17, 15) is 0 Å². The molecule has 15 heavy (non-hydrogen) atoms. The molecule has 1 aliphatic heterocycles. The lowest BCUT2D eigenvalue weighted by Gasteiger charge is -2.13. The van der Waals surface area contributed by atoms with Crippen molar-refractivity contribution in [3.05, 3.63) is 23.4 Å². The van der Waals surface area contributed by atoms with Crippen molar-refractivity contribution in [1.29, 1.82) is 0 Å². The fraction of sp³-hybridized carbons (Fsp3) is 0.643. The molecule has 0 N–H and O–H groups in total. The van der Waals surface area contributed by atoms with E-state index >= 15 is 0 Å². The molecule has 0 radical (unpaired) electrons. The van der Waals surface area contributed by atoms with Crippen molar-refractivity contribution in [2.75, 3.05) is 0 Å². The molecule has 1 nitrogen and oxygen atoms in total. The Labute approximate surface area is 94.0 Å². The van der Waals surface area contributed by atoms with Crippen LogP contribution >= 0.6 is 0 Å². The summed E-state index contributed by atoms with van der Waals surface area (Å²) >= 11 is 0. The van der Waals surface area contributed by atoms with Crippen LogP contribution in [0.5, 0.6) is 0 Å². The van der Waals surface area contributed by atoms with Gasteiger partial charge in [-0.1, -0.05) is 19.4 Å². The van der Waals surface area contributed by atoms with E-state index in [1.807, 2.05) is 0 Å². The van der Waals surface area contributed by atoms with Gasteiger partial charge < -0.3 is 0 Å². The van der Waals surface area contributed by atoms with Crippen LogP contribution in [0, 0.1) is 5.92 Å². The first-order valence-electron chi connectivity index (χ1n) is 6.00. The number of allylic oxidation sites excluding steroid dienone is 4. The van der Waals surface area contributed by atoms with Crippen LogP contribution in [0.1, 0.15) is 53.4 Å². The second kappa shape index (κ2) is 5.89. The summed E-state index contributed by atoms with van der Waals surface area (Å²) in [5.41, 5.74) is 3.78. The summed E-state index contributed by atoms with van der Waals surface area (Å²) in [6, 6.07) is 0. The van der Waals surface area contributed by atoms with E-state index in [0.29, 0.717) is 5.92 Å². The molecular formula is C14H23N. The number of rotatable bonds is 0. The molecule has 0 aromatic heterocycles. The third-order valence-corrected chi connectivity index (χ3v) is 3.27. The van der Waals surface area contributed by atoms with E-state index in [1.54, 1.807) is 0 Å². The van der Waals surface area contributed by atoms with Crippen molar-refractivity contribution in [1.82, 2.24) is 0 Å². The quantitative estimate of drug-likeness (QED) is 0.552. The maximum absolute atomic E-state index is 4.62. The highest BCUT2D eigenvalue weighted by atomic mass is 14.7. The number of aliphatic imine (C=N–C) groups is 1. The summed E-state index contributed by atoms with van der Waals surface area (Å²) in [5, 5.41) is 0. The van der Waals surface area contributed by atoms with Gasteiger partial charge in [0.25, 0.3) is 0 Å². The molecule has 84 valence electrons. The Morgan fingerprint density at radius 2 is 1.93 bits per heavy atom. The summed E-state index contributed by atoms with van der Waals surface area (Å²) < 4.78 is 0. The zero-order valence-electron chi connectivity index (χ0n) is 10.5. The Bertz CT molecular complexity index is 294. The van der Waals surface area contributed by atoms with Crippen LogP contribution in [0.2, 0.25) is 0 Å². The van der Waals surface area contributed by atoms with Gasteiger partial charge >= 0.3 is 0 Å². The molecule has 0 aromatic rings. The topological polar surface area (TPSA) is 12.4 Å². The number of nitrogens with zero attached hydrogens (tertiary/aromatic N) is 1. The standard InChI is InChI=1S/C14H23N/c1-11-9-7-5-6-8-10-12(2)15-14(4)13(11)3/h8,10-11H,5-7,9H2,1-4H3/b10-8?,14-13+,15-12?. The maximum atomic E-state index is 4.62. The van der Waals surface area contributed by atoms with E-state index in [1.165, 1.54) is 37.0 Å². The van der Waals surface area contributed by atoms with Gasteiger partial charge in [0.05, 0.1) is 0 Å². The van der Waals surface area contributed by atoms with E-state index in [-0.39, 0.29) is 0 Å². The van der Waals surface area contributed by atoms with Crippen molar-refractivity contribution in [3.8, 4) is 0 Å². The molecule has 0 saturated heterocycles. The molecule has 1 aliphatic rings. The van der Waals surface area contributed by atoms with E-state index in [2.05, 4.69) is 44.8 Å². The molecular weight excluding hydrogens is 182 g/mol.